The highest BCUT2D eigenvalue weighted by molar-refractivity contribution is 5.30. The zero-order valence-electron chi connectivity index (χ0n) is 13.1. The van der Waals surface area contributed by atoms with Crippen molar-refractivity contribution in [1.29, 1.82) is 0 Å². The van der Waals surface area contributed by atoms with Gasteiger partial charge in [-0.25, -0.2) is 0 Å². The zero-order valence-corrected chi connectivity index (χ0v) is 13.1. The van der Waals surface area contributed by atoms with Crippen molar-refractivity contribution in [3.05, 3.63) is 29.8 Å². The van der Waals surface area contributed by atoms with Gasteiger partial charge in [0.15, 0.2) is 0 Å². The van der Waals surface area contributed by atoms with E-state index in [4.69, 9.17) is 4.74 Å². The Kier molecular flexibility index (Phi) is 5.42. The van der Waals surface area contributed by atoms with Gasteiger partial charge in [0.25, 0.3) is 0 Å². The number of rotatable bonds is 5. The van der Waals surface area contributed by atoms with Gasteiger partial charge < -0.3 is 9.84 Å². The van der Waals surface area contributed by atoms with E-state index in [2.05, 4.69) is 27.7 Å². The van der Waals surface area contributed by atoms with Gasteiger partial charge in [-0.3, -0.25) is 0 Å². The van der Waals surface area contributed by atoms with Crippen LogP contribution in [-0.4, -0.2) is 11.2 Å². The second-order valence-electron chi connectivity index (χ2n) is 6.76. The summed E-state index contributed by atoms with van der Waals surface area (Å²) in [6.07, 6.45) is 0.500. The van der Waals surface area contributed by atoms with Crippen molar-refractivity contribution in [2.24, 2.45) is 11.3 Å². The van der Waals surface area contributed by atoms with E-state index < -0.39 is 6.10 Å². The number of hydrogen-bond acceptors (Lipinski definition) is 2. The van der Waals surface area contributed by atoms with Crippen molar-refractivity contribution >= 4 is 0 Å². The van der Waals surface area contributed by atoms with Gasteiger partial charge in [0.2, 0.25) is 0 Å². The summed E-state index contributed by atoms with van der Waals surface area (Å²) < 4.78 is 5.67. The fraction of sp³-hybridized carbons (Fsp3) is 0.647. The number of aliphatic hydroxyl groups is 1. The Morgan fingerprint density at radius 3 is 2.32 bits per heavy atom. The number of benzene rings is 1. The van der Waals surface area contributed by atoms with Crippen molar-refractivity contribution in [3.8, 4) is 5.75 Å². The molecule has 0 saturated carbocycles. The smallest absolute Gasteiger partial charge is 0.120 e. The highest BCUT2D eigenvalue weighted by atomic mass is 16.5. The van der Waals surface area contributed by atoms with Gasteiger partial charge in [-0.1, -0.05) is 39.8 Å². The maximum Gasteiger partial charge on any atom is 0.120 e. The molecule has 0 fully saturated rings. The fourth-order valence-corrected chi connectivity index (χ4v) is 1.89. The molecule has 0 aliphatic carbocycles. The summed E-state index contributed by atoms with van der Waals surface area (Å²) >= 11 is 0. The lowest BCUT2D eigenvalue weighted by Gasteiger charge is -2.29. The van der Waals surface area contributed by atoms with Gasteiger partial charge in [-0.15, -0.1) is 0 Å². The Bertz CT molecular complexity index is 390. The third-order valence-electron chi connectivity index (χ3n) is 3.67. The molecule has 0 saturated heterocycles. The van der Waals surface area contributed by atoms with E-state index in [0.29, 0.717) is 5.92 Å². The van der Waals surface area contributed by atoms with Crippen molar-refractivity contribution in [1.82, 2.24) is 0 Å². The summed E-state index contributed by atoms with van der Waals surface area (Å²) in [4.78, 5) is 0. The van der Waals surface area contributed by atoms with Crippen LogP contribution in [0.3, 0.4) is 0 Å². The molecule has 2 atom stereocenters. The Labute approximate surface area is 117 Å². The molecular formula is C17H28O2. The molecule has 19 heavy (non-hydrogen) atoms. The van der Waals surface area contributed by atoms with Gasteiger partial charge in [-0.05, 0) is 49.3 Å². The van der Waals surface area contributed by atoms with Crippen molar-refractivity contribution < 1.29 is 9.84 Å². The third kappa shape index (κ3) is 5.23. The lowest BCUT2D eigenvalue weighted by Crippen LogP contribution is -2.19. The van der Waals surface area contributed by atoms with Gasteiger partial charge >= 0.3 is 0 Å². The van der Waals surface area contributed by atoms with Gasteiger partial charge in [0.1, 0.15) is 5.75 Å². The van der Waals surface area contributed by atoms with Crippen molar-refractivity contribution in [2.45, 2.75) is 60.2 Å². The van der Waals surface area contributed by atoms with Crippen LogP contribution in [0.2, 0.25) is 0 Å². The van der Waals surface area contributed by atoms with E-state index in [9.17, 15) is 5.11 Å². The first kappa shape index (κ1) is 16.0. The van der Waals surface area contributed by atoms with Crippen LogP contribution >= 0.6 is 0 Å². The summed E-state index contributed by atoms with van der Waals surface area (Å²) in [5, 5.41) is 10.4. The average molecular weight is 264 g/mol. The third-order valence-corrected chi connectivity index (χ3v) is 3.67. The zero-order chi connectivity index (χ0) is 14.6. The molecule has 1 aromatic rings. The standard InChI is InChI=1S/C17H28O2/c1-12(2)19-15-9-7-8-14(11-15)16(18)10-13(3)17(4,5)6/h7-9,11-13,16,18H,10H2,1-6H3. The van der Waals surface area contributed by atoms with E-state index in [1.165, 1.54) is 0 Å². The lowest BCUT2D eigenvalue weighted by atomic mass is 9.78. The quantitative estimate of drug-likeness (QED) is 0.843. The molecule has 2 heteroatoms. The Hall–Kier alpha value is -1.02. The first-order valence-electron chi connectivity index (χ1n) is 7.15. The molecule has 0 spiro atoms. The summed E-state index contributed by atoms with van der Waals surface area (Å²) in [5.74, 6) is 1.28. The Morgan fingerprint density at radius 2 is 1.79 bits per heavy atom. The molecule has 0 bridgehead atoms. The van der Waals surface area contributed by atoms with Crippen LogP contribution in [0.15, 0.2) is 24.3 Å². The van der Waals surface area contributed by atoms with Crippen molar-refractivity contribution in [2.75, 3.05) is 0 Å². The number of aliphatic hydroxyl groups excluding tert-OH is 1. The van der Waals surface area contributed by atoms with E-state index in [-0.39, 0.29) is 11.5 Å². The average Bonchev–Trinajstić information content (AvgIpc) is 2.27. The summed E-state index contributed by atoms with van der Waals surface area (Å²) in [6, 6.07) is 7.79. The molecule has 1 aromatic carbocycles. The molecule has 0 radical (unpaired) electrons. The van der Waals surface area contributed by atoms with Gasteiger partial charge in [0.05, 0.1) is 12.2 Å². The molecule has 0 amide bonds. The van der Waals surface area contributed by atoms with Crippen LogP contribution in [0.4, 0.5) is 0 Å². The highest BCUT2D eigenvalue weighted by Gasteiger charge is 2.23. The van der Waals surface area contributed by atoms with E-state index in [1.807, 2.05) is 38.1 Å². The predicted molar refractivity (Wildman–Crippen MR) is 80.4 cm³/mol. The normalized spacial score (nSPS) is 15.4. The summed E-state index contributed by atoms with van der Waals surface area (Å²) in [6.45, 7) is 12.8. The van der Waals surface area contributed by atoms with E-state index in [0.717, 1.165) is 17.7 Å². The van der Waals surface area contributed by atoms with Crippen molar-refractivity contribution in [3.63, 3.8) is 0 Å². The number of hydrogen-bond donors (Lipinski definition) is 1. The number of ether oxygens (including phenoxy) is 1. The summed E-state index contributed by atoms with van der Waals surface area (Å²) in [7, 11) is 0. The largest absolute Gasteiger partial charge is 0.491 e. The first-order chi connectivity index (χ1) is 8.70. The van der Waals surface area contributed by atoms with E-state index >= 15 is 0 Å². The first-order valence-corrected chi connectivity index (χ1v) is 7.15. The highest BCUT2D eigenvalue weighted by Crippen LogP contribution is 2.33. The fourth-order valence-electron chi connectivity index (χ4n) is 1.89. The molecule has 0 aliphatic heterocycles. The molecule has 2 unspecified atom stereocenters. The topological polar surface area (TPSA) is 29.5 Å². The maximum atomic E-state index is 10.4. The van der Waals surface area contributed by atoms with E-state index in [1.54, 1.807) is 0 Å². The minimum atomic E-state index is -0.426. The van der Waals surface area contributed by atoms with Crippen LogP contribution in [-0.2, 0) is 0 Å². The second kappa shape index (κ2) is 6.42. The Balaban J connectivity index is 2.74. The lowest BCUT2D eigenvalue weighted by molar-refractivity contribution is 0.110. The minimum absolute atomic E-state index is 0.154. The van der Waals surface area contributed by atoms with Crippen LogP contribution < -0.4 is 4.74 Å². The molecule has 1 rings (SSSR count). The Morgan fingerprint density at radius 1 is 1.16 bits per heavy atom. The SMILES string of the molecule is CC(C)Oc1cccc(C(O)CC(C)C(C)(C)C)c1. The molecule has 1 N–H and O–H groups in total. The second-order valence-corrected chi connectivity index (χ2v) is 6.76. The van der Waals surface area contributed by atoms with Crippen LogP contribution in [0.1, 0.15) is 59.6 Å². The van der Waals surface area contributed by atoms with Gasteiger partial charge in [0, 0.05) is 0 Å². The molecule has 0 aromatic heterocycles. The summed E-state index contributed by atoms with van der Waals surface area (Å²) in [5.41, 5.74) is 1.15. The predicted octanol–water partition coefficient (Wildman–Crippen LogP) is 4.58. The maximum absolute atomic E-state index is 10.4. The van der Waals surface area contributed by atoms with Gasteiger partial charge in [-0.2, -0.15) is 0 Å². The molecule has 0 heterocycles. The van der Waals surface area contributed by atoms with Crippen LogP contribution in [0.5, 0.6) is 5.75 Å². The van der Waals surface area contributed by atoms with Crippen LogP contribution in [0.25, 0.3) is 0 Å². The molecule has 108 valence electrons. The molecular weight excluding hydrogens is 236 g/mol. The van der Waals surface area contributed by atoms with Crippen LogP contribution in [0, 0.1) is 11.3 Å². The molecule has 0 aliphatic rings. The minimum Gasteiger partial charge on any atom is -0.491 e. The monoisotopic (exact) mass is 264 g/mol. The molecule has 2 nitrogen and oxygen atoms in total.